The van der Waals surface area contributed by atoms with Crippen LogP contribution in [0.4, 0.5) is 0 Å². The maximum absolute atomic E-state index is 11.7. The van der Waals surface area contributed by atoms with Gasteiger partial charge in [-0.25, -0.2) is 14.8 Å². The highest BCUT2D eigenvalue weighted by atomic mass is 35.5. The van der Waals surface area contributed by atoms with Crippen molar-refractivity contribution < 1.29 is 9.53 Å². The van der Waals surface area contributed by atoms with E-state index in [1.54, 1.807) is 6.92 Å². The van der Waals surface area contributed by atoms with E-state index in [4.69, 9.17) is 16.3 Å². The fourth-order valence-electron chi connectivity index (χ4n) is 1.20. The first-order valence-corrected chi connectivity index (χ1v) is 7.12. The van der Waals surface area contributed by atoms with Crippen LogP contribution in [0.25, 0.3) is 10.3 Å². The zero-order chi connectivity index (χ0) is 12.4. The van der Waals surface area contributed by atoms with Crippen LogP contribution in [0.1, 0.15) is 17.4 Å². The Balaban J connectivity index is 2.60. The van der Waals surface area contributed by atoms with Gasteiger partial charge in [0, 0.05) is 0 Å². The van der Waals surface area contributed by atoms with E-state index in [9.17, 15) is 4.79 Å². The lowest BCUT2D eigenvalue weighted by Crippen LogP contribution is -2.08. The predicted molar refractivity (Wildman–Crippen MR) is 68.0 cm³/mol. The van der Waals surface area contributed by atoms with Crippen molar-refractivity contribution in [1.29, 1.82) is 0 Å². The summed E-state index contributed by atoms with van der Waals surface area (Å²) in [7, 11) is 0. The highest BCUT2D eigenvalue weighted by Gasteiger charge is 2.19. The lowest BCUT2D eigenvalue weighted by Gasteiger charge is -2.01. The molecule has 0 N–H and O–H groups in total. The van der Waals surface area contributed by atoms with Crippen LogP contribution in [0.2, 0.25) is 5.28 Å². The largest absolute Gasteiger partial charge is 0.461 e. The molecular formula is C9H8ClN3O2S2. The molecule has 0 bridgehead atoms. The van der Waals surface area contributed by atoms with Crippen molar-refractivity contribution in [2.24, 2.45) is 0 Å². The number of fused-ring (bicyclic) bond motifs is 1. The summed E-state index contributed by atoms with van der Waals surface area (Å²) >= 11 is 8.58. The van der Waals surface area contributed by atoms with E-state index in [1.807, 2.05) is 6.26 Å². The second-order valence-corrected chi connectivity index (χ2v) is 5.29. The Morgan fingerprint density at radius 3 is 2.88 bits per heavy atom. The van der Waals surface area contributed by atoms with Crippen molar-refractivity contribution in [1.82, 2.24) is 15.0 Å². The third kappa shape index (κ3) is 2.51. The molecule has 2 rings (SSSR count). The quantitative estimate of drug-likeness (QED) is 0.492. The normalized spacial score (nSPS) is 10.8. The Morgan fingerprint density at radius 2 is 2.24 bits per heavy atom. The number of carbonyl (C=O) groups excluding carboxylic acids is 1. The number of aromatic nitrogens is 3. The van der Waals surface area contributed by atoms with Gasteiger partial charge in [0.15, 0.2) is 15.7 Å². The maximum Gasteiger partial charge on any atom is 0.358 e. The smallest absolute Gasteiger partial charge is 0.358 e. The van der Waals surface area contributed by atoms with Crippen LogP contribution >= 0.6 is 34.7 Å². The van der Waals surface area contributed by atoms with E-state index in [-0.39, 0.29) is 17.6 Å². The standard InChI is InChI=1S/C9H8ClN3O2S2/c1-3-15-7(14)4-5-6(12-8(10)11-4)13-9(16-2)17-5/h3H2,1-2H3. The van der Waals surface area contributed by atoms with Gasteiger partial charge in [0.05, 0.1) is 6.61 Å². The van der Waals surface area contributed by atoms with Gasteiger partial charge in [-0.2, -0.15) is 4.98 Å². The minimum absolute atomic E-state index is 0.00138. The molecule has 2 aromatic rings. The number of carbonyl (C=O) groups is 1. The van der Waals surface area contributed by atoms with E-state index in [0.717, 1.165) is 4.34 Å². The van der Waals surface area contributed by atoms with E-state index in [1.165, 1.54) is 23.1 Å². The van der Waals surface area contributed by atoms with Crippen LogP contribution in [-0.2, 0) is 4.74 Å². The predicted octanol–water partition coefficient (Wildman–Crippen LogP) is 2.64. The number of esters is 1. The molecule has 0 aromatic carbocycles. The van der Waals surface area contributed by atoms with Gasteiger partial charge in [-0.05, 0) is 24.8 Å². The summed E-state index contributed by atoms with van der Waals surface area (Å²) in [6, 6.07) is 0. The first-order valence-electron chi connectivity index (χ1n) is 4.71. The topological polar surface area (TPSA) is 65.0 Å². The monoisotopic (exact) mass is 289 g/mol. The Bertz CT molecular complexity index is 573. The number of ether oxygens (including phenoxy) is 1. The summed E-state index contributed by atoms with van der Waals surface area (Å²) in [5.74, 6) is -0.502. The van der Waals surface area contributed by atoms with Gasteiger partial charge in [0.1, 0.15) is 4.70 Å². The summed E-state index contributed by atoms with van der Waals surface area (Å²) in [6.45, 7) is 2.02. The molecule has 0 atom stereocenters. The molecule has 90 valence electrons. The van der Waals surface area contributed by atoms with Crippen LogP contribution in [0.5, 0.6) is 0 Å². The molecule has 0 spiro atoms. The molecular weight excluding hydrogens is 282 g/mol. The highest BCUT2D eigenvalue weighted by molar-refractivity contribution is 8.00. The molecule has 0 fully saturated rings. The fraction of sp³-hybridized carbons (Fsp3) is 0.333. The number of thiazole rings is 1. The molecule has 0 unspecified atom stereocenters. The second-order valence-electron chi connectivity index (χ2n) is 2.90. The van der Waals surface area contributed by atoms with Gasteiger partial charge >= 0.3 is 5.97 Å². The van der Waals surface area contributed by atoms with Crippen LogP contribution in [-0.4, -0.2) is 33.8 Å². The SMILES string of the molecule is CCOC(=O)c1nc(Cl)nc2nc(SC)sc12. The summed E-state index contributed by atoms with van der Waals surface area (Å²) < 4.78 is 6.33. The Kier molecular flexibility index (Phi) is 3.80. The van der Waals surface area contributed by atoms with E-state index >= 15 is 0 Å². The fourth-order valence-corrected chi connectivity index (χ4v) is 2.84. The Labute approximate surface area is 111 Å². The highest BCUT2D eigenvalue weighted by Crippen LogP contribution is 2.30. The molecule has 0 aliphatic heterocycles. The number of halogens is 1. The van der Waals surface area contributed by atoms with Crippen LogP contribution in [0, 0.1) is 0 Å². The second kappa shape index (κ2) is 5.16. The summed E-state index contributed by atoms with van der Waals surface area (Å²) in [4.78, 5) is 23.8. The average molecular weight is 290 g/mol. The van der Waals surface area contributed by atoms with Crippen molar-refractivity contribution in [3.05, 3.63) is 11.0 Å². The molecule has 0 amide bonds. The first kappa shape index (κ1) is 12.5. The van der Waals surface area contributed by atoms with Crippen molar-refractivity contribution in [3.8, 4) is 0 Å². The summed E-state index contributed by atoms with van der Waals surface area (Å²) in [5.41, 5.74) is 0.613. The molecule has 2 aromatic heterocycles. The van der Waals surface area contributed by atoms with Gasteiger partial charge in [-0.15, -0.1) is 11.3 Å². The third-order valence-corrected chi connectivity index (χ3v) is 4.06. The number of hydrogen-bond acceptors (Lipinski definition) is 7. The molecule has 8 heteroatoms. The Hall–Kier alpha value is -0.920. The third-order valence-electron chi connectivity index (χ3n) is 1.85. The summed E-state index contributed by atoms with van der Waals surface area (Å²) in [6.07, 6.45) is 1.90. The van der Waals surface area contributed by atoms with Gasteiger partial charge < -0.3 is 4.74 Å². The average Bonchev–Trinajstić information content (AvgIpc) is 2.70. The molecule has 0 aliphatic carbocycles. The lowest BCUT2D eigenvalue weighted by atomic mass is 10.4. The van der Waals surface area contributed by atoms with Crippen molar-refractivity contribution in [2.75, 3.05) is 12.9 Å². The van der Waals surface area contributed by atoms with Gasteiger partial charge in [0.2, 0.25) is 5.28 Å². The minimum atomic E-state index is -0.502. The van der Waals surface area contributed by atoms with E-state index < -0.39 is 5.97 Å². The van der Waals surface area contributed by atoms with Crippen molar-refractivity contribution in [3.63, 3.8) is 0 Å². The van der Waals surface area contributed by atoms with E-state index in [2.05, 4.69) is 15.0 Å². The Morgan fingerprint density at radius 1 is 1.47 bits per heavy atom. The van der Waals surface area contributed by atoms with Gasteiger partial charge in [-0.3, -0.25) is 0 Å². The maximum atomic E-state index is 11.7. The van der Waals surface area contributed by atoms with Crippen LogP contribution < -0.4 is 0 Å². The minimum Gasteiger partial charge on any atom is -0.461 e. The summed E-state index contributed by atoms with van der Waals surface area (Å²) in [5, 5.41) is -0.00138. The molecule has 0 radical (unpaired) electrons. The molecule has 5 nitrogen and oxygen atoms in total. The molecule has 17 heavy (non-hydrogen) atoms. The molecule has 2 heterocycles. The number of rotatable bonds is 3. The van der Waals surface area contributed by atoms with Crippen LogP contribution in [0.15, 0.2) is 4.34 Å². The van der Waals surface area contributed by atoms with Gasteiger partial charge in [-0.1, -0.05) is 11.8 Å². The molecule has 0 aliphatic rings. The lowest BCUT2D eigenvalue weighted by molar-refractivity contribution is 0.0522. The number of thioether (sulfide) groups is 1. The van der Waals surface area contributed by atoms with Crippen molar-refractivity contribution >= 4 is 51.0 Å². The zero-order valence-corrected chi connectivity index (χ0v) is 11.4. The molecule has 0 saturated heterocycles. The van der Waals surface area contributed by atoms with Gasteiger partial charge in [0.25, 0.3) is 0 Å². The molecule has 0 saturated carbocycles. The van der Waals surface area contributed by atoms with Crippen molar-refractivity contribution in [2.45, 2.75) is 11.3 Å². The van der Waals surface area contributed by atoms with Crippen LogP contribution in [0.3, 0.4) is 0 Å². The first-order chi connectivity index (χ1) is 8.15. The number of nitrogens with zero attached hydrogens (tertiary/aromatic N) is 3. The number of hydrogen-bond donors (Lipinski definition) is 0. The zero-order valence-electron chi connectivity index (χ0n) is 9.06. The van der Waals surface area contributed by atoms with E-state index in [0.29, 0.717) is 10.3 Å².